The summed E-state index contributed by atoms with van der Waals surface area (Å²) in [5, 5.41) is 9.46. The molecule has 1 atom stereocenters. The number of nitrogens with zero attached hydrogens (tertiary/aromatic N) is 1. The standard InChI is InChI=1S/C15H21NO2/c1-3-16(4-2)14(15(17)18)13-7-5-6-12(10-13)11-8-9-11/h5-7,10-11,14H,3-4,8-9H2,1-2H3,(H,17,18). The second kappa shape index (κ2) is 5.53. The van der Waals surface area contributed by atoms with Gasteiger partial charge in [0, 0.05) is 0 Å². The van der Waals surface area contributed by atoms with E-state index in [2.05, 4.69) is 12.1 Å². The molecule has 1 fully saturated rings. The van der Waals surface area contributed by atoms with Crippen LogP contribution in [-0.4, -0.2) is 29.1 Å². The normalized spacial score (nSPS) is 16.8. The molecule has 0 aliphatic heterocycles. The quantitative estimate of drug-likeness (QED) is 0.840. The molecule has 1 aromatic carbocycles. The Morgan fingerprint density at radius 2 is 2.06 bits per heavy atom. The van der Waals surface area contributed by atoms with Gasteiger partial charge in [-0.3, -0.25) is 9.69 Å². The SMILES string of the molecule is CCN(CC)C(C(=O)O)c1cccc(C2CC2)c1. The number of likely N-dealkylation sites (N-methyl/N-ethyl adjacent to an activating group) is 1. The van der Waals surface area contributed by atoms with Crippen LogP contribution >= 0.6 is 0 Å². The average molecular weight is 247 g/mol. The van der Waals surface area contributed by atoms with Crippen molar-refractivity contribution in [2.45, 2.75) is 38.6 Å². The van der Waals surface area contributed by atoms with Gasteiger partial charge in [-0.1, -0.05) is 38.1 Å². The summed E-state index contributed by atoms with van der Waals surface area (Å²) in [4.78, 5) is 13.5. The topological polar surface area (TPSA) is 40.5 Å². The predicted molar refractivity (Wildman–Crippen MR) is 71.7 cm³/mol. The van der Waals surface area contributed by atoms with E-state index in [0.717, 1.165) is 18.7 Å². The molecule has 0 radical (unpaired) electrons. The third-order valence-corrected chi connectivity index (χ3v) is 3.69. The Morgan fingerprint density at radius 1 is 1.39 bits per heavy atom. The lowest BCUT2D eigenvalue weighted by molar-refractivity contribution is -0.143. The summed E-state index contributed by atoms with van der Waals surface area (Å²) in [6.45, 7) is 5.51. The van der Waals surface area contributed by atoms with Gasteiger partial charge in [-0.05, 0) is 43.0 Å². The highest BCUT2D eigenvalue weighted by molar-refractivity contribution is 5.75. The zero-order chi connectivity index (χ0) is 13.1. The van der Waals surface area contributed by atoms with Gasteiger partial charge in [0.25, 0.3) is 0 Å². The smallest absolute Gasteiger partial charge is 0.325 e. The molecule has 3 heteroatoms. The molecule has 98 valence electrons. The van der Waals surface area contributed by atoms with Gasteiger partial charge >= 0.3 is 5.97 Å². The third kappa shape index (κ3) is 2.72. The van der Waals surface area contributed by atoms with Crippen LogP contribution in [0, 0.1) is 0 Å². The Balaban J connectivity index is 2.29. The number of hydrogen-bond acceptors (Lipinski definition) is 2. The number of carbonyl (C=O) groups is 1. The van der Waals surface area contributed by atoms with Gasteiger partial charge in [-0.25, -0.2) is 0 Å². The van der Waals surface area contributed by atoms with E-state index in [9.17, 15) is 9.90 Å². The summed E-state index contributed by atoms with van der Waals surface area (Å²) in [6.07, 6.45) is 2.49. The number of hydrogen-bond donors (Lipinski definition) is 1. The second-order valence-electron chi connectivity index (χ2n) is 4.91. The van der Waals surface area contributed by atoms with E-state index in [1.54, 1.807) is 0 Å². The molecule has 0 spiro atoms. The van der Waals surface area contributed by atoms with Crippen LogP contribution in [0.2, 0.25) is 0 Å². The van der Waals surface area contributed by atoms with Gasteiger partial charge in [0.05, 0.1) is 0 Å². The van der Waals surface area contributed by atoms with Crippen molar-refractivity contribution in [3.63, 3.8) is 0 Å². The maximum atomic E-state index is 11.5. The van der Waals surface area contributed by atoms with Crippen molar-refractivity contribution in [3.8, 4) is 0 Å². The summed E-state index contributed by atoms with van der Waals surface area (Å²) in [6, 6.07) is 7.60. The van der Waals surface area contributed by atoms with Crippen molar-refractivity contribution in [3.05, 3.63) is 35.4 Å². The summed E-state index contributed by atoms with van der Waals surface area (Å²) in [7, 11) is 0. The first-order valence-corrected chi connectivity index (χ1v) is 6.74. The minimum Gasteiger partial charge on any atom is -0.480 e. The van der Waals surface area contributed by atoms with E-state index in [4.69, 9.17) is 0 Å². The van der Waals surface area contributed by atoms with E-state index in [1.807, 2.05) is 30.9 Å². The summed E-state index contributed by atoms with van der Waals surface area (Å²) in [5.74, 6) is -0.0947. The molecule has 2 rings (SSSR count). The monoisotopic (exact) mass is 247 g/mol. The minimum atomic E-state index is -0.758. The third-order valence-electron chi connectivity index (χ3n) is 3.69. The van der Waals surface area contributed by atoms with Crippen molar-refractivity contribution in [2.75, 3.05) is 13.1 Å². The van der Waals surface area contributed by atoms with E-state index < -0.39 is 12.0 Å². The first kappa shape index (κ1) is 13.1. The van der Waals surface area contributed by atoms with E-state index >= 15 is 0 Å². The van der Waals surface area contributed by atoms with Gasteiger partial charge < -0.3 is 5.11 Å². The summed E-state index contributed by atoms with van der Waals surface area (Å²) < 4.78 is 0. The maximum Gasteiger partial charge on any atom is 0.325 e. The van der Waals surface area contributed by atoms with Crippen LogP contribution in [0.25, 0.3) is 0 Å². The molecule has 0 bridgehead atoms. The lowest BCUT2D eigenvalue weighted by Crippen LogP contribution is -2.33. The molecule has 0 amide bonds. The van der Waals surface area contributed by atoms with Crippen molar-refractivity contribution in [2.24, 2.45) is 0 Å². The molecule has 0 aromatic heterocycles. The molecular weight excluding hydrogens is 226 g/mol. The summed E-state index contributed by atoms with van der Waals surface area (Å²) in [5.41, 5.74) is 2.21. The van der Waals surface area contributed by atoms with E-state index in [0.29, 0.717) is 5.92 Å². The van der Waals surface area contributed by atoms with Gasteiger partial charge in [-0.15, -0.1) is 0 Å². The zero-order valence-electron chi connectivity index (χ0n) is 11.1. The number of benzene rings is 1. The largest absolute Gasteiger partial charge is 0.480 e. The fourth-order valence-electron chi connectivity index (χ4n) is 2.50. The fraction of sp³-hybridized carbons (Fsp3) is 0.533. The maximum absolute atomic E-state index is 11.5. The molecule has 1 aromatic rings. The van der Waals surface area contributed by atoms with Crippen molar-refractivity contribution >= 4 is 5.97 Å². The molecule has 0 heterocycles. The first-order chi connectivity index (χ1) is 8.67. The highest BCUT2D eigenvalue weighted by Crippen LogP contribution is 2.40. The molecule has 3 nitrogen and oxygen atoms in total. The van der Waals surface area contributed by atoms with Crippen LogP contribution in [0.3, 0.4) is 0 Å². The number of rotatable bonds is 6. The van der Waals surface area contributed by atoms with Crippen molar-refractivity contribution in [1.29, 1.82) is 0 Å². The predicted octanol–water partition coefficient (Wildman–Crippen LogP) is 3.03. The first-order valence-electron chi connectivity index (χ1n) is 6.74. The second-order valence-corrected chi connectivity index (χ2v) is 4.91. The number of carboxylic acid groups (broad SMARTS) is 1. The summed E-state index contributed by atoms with van der Waals surface area (Å²) >= 11 is 0. The average Bonchev–Trinajstić information content (AvgIpc) is 3.19. The number of carboxylic acids is 1. The van der Waals surface area contributed by atoms with Gasteiger partial charge in [0.15, 0.2) is 0 Å². The van der Waals surface area contributed by atoms with Gasteiger partial charge in [0.1, 0.15) is 6.04 Å². The molecule has 1 saturated carbocycles. The van der Waals surface area contributed by atoms with Crippen molar-refractivity contribution in [1.82, 2.24) is 4.90 Å². The molecule has 18 heavy (non-hydrogen) atoms. The molecule has 1 unspecified atom stereocenters. The van der Waals surface area contributed by atoms with Crippen LogP contribution in [-0.2, 0) is 4.79 Å². The Labute approximate surface area is 108 Å². The zero-order valence-corrected chi connectivity index (χ0v) is 11.1. The molecule has 1 aliphatic rings. The van der Waals surface area contributed by atoms with E-state index in [-0.39, 0.29) is 0 Å². The Bertz CT molecular complexity index is 422. The Morgan fingerprint density at radius 3 is 2.56 bits per heavy atom. The van der Waals surface area contributed by atoms with Gasteiger partial charge in [0.2, 0.25) is 0 Å². The Kier molecular flexibility index (Phi) is 4.02. The molecule has 1 N–H and O–H groups in total. The van der Waals surface area contributed by atoms with Crippen LogP contribution in [0.15, 0.2) is 24.3 Å². The molecular formula is C15H21NO2. The van der Waals surface area contributed by atoms with Gasteiger partial charge in [-0.2, -0.15) is 0 Å². The van der Waals surface area contributed by atoms with Crippen LogP contribution < -0.4 is 0 Å². The molecule has 0 saturated heterocycles. The molecule has 1 aliphatic carbocycles. The number of aliphatic carboxylic acids is 1. The highest BCUT2D eigenvalue weighted by Gasteiger charge is 2.28. The minimum absolute atomic E-state index is 0.515. The lowest BCUT2D eigenvalue weighted by atomic mass is 10.0. The lowest BCUT2D eigenvalue weighted by Gasteiger charge is -2.26. The van der Waals surface area contributed by atoms with E-state index in [1.165, 1.54) is 18.4 Å². The Hall–Kier alpha value is -1.35. The fourth-order valence-corrected chi connectivity index (χ4v) is 2.50. The van der Waals surface area contributed by atoms with Crippen LogP contribution in [0.4, 0.5) is 0 Å². The van der Waals surface area contributed by atoms with Crippen molar-refractivity contribution < 1.29 is 9.90 Å². The highest BCUT2D eigenvalue weighted by atomic mass is 16.4. The van der Waals surface area contributed by atoms with Crippen LogP contribution in [0.5, 0.6) is 0 Å². The van der Waals surface area contributed by atoms with Crippen LogP contribution in [0.1, 0.15) is 49.8 Å².